The fraction of sp³-hybridized carbons (Fsp3) is 0.238. The first kappa shape index (κ1) is 17.9. The zero-order valence-corrected chi connectivity index (χ0v) is 16.5. The van der Waals surface area contributed by atoms with Gasteiger partial charge in [0.15, 0.2) is 17.3 Å². The predicted molar refractivity (Wildman–Crippen MR) is 114 cm³/mol. The Labute approximate surface area is 175 Å². The Morgan fingerprint density at radius 1 is 1.00 bits per heavy atom. The van der Waals surface area contributed by atoms with E-state index in [-0.39, 0.29) is 11.0 Å². The van der Waals surface area contributed by atoms with Crippen LogP contribution in [0, 0.1) is 5.82 Å². The third kappa shape index (κ3) is 2.90. The van der Waals surface area contributed by atoms with Crippen LogP contribution in [-0.4, -0.2) is 53.2 Å². The molecule has 31 heavy (non-hydrogen) atoms. The fourth-order valence-corrected chi connectivity index (χ4v) is 4.14. The summed E-state index contributed by atoms with van der Waals surface area (Å²) in [6.07, 6.45) is 11.2. The van der Waals surface area contributed by atoms with Crippen molar-refractivity contribution in [1.82, 2.24) is 40.1 Å². The van der Waals surface area contributed by atoms with E-state index in [2.05, 4.69) is 40.0 Å². The van der Waals surface area contributed by atoms with Crippen LogP contribution in [0.5, 0.6) is 0 Å². The maximum Gasteiger partial charge on any atom is 0.184 e. The van der Waals surface area contributed by atoms with Crippen LogP contribution in [0.1, 0.15) is 19.3 Å². The van der Waals surface area contributed by atoms with Gasteiger partial charge in [-0.1, -0.05) is 0 Å². The first-order chi connectivity index (χ1) is 15.3. The lowest BCUT2D eigenvalue weighted by molar-refractivity contribution is 0.574. The predicted octanol–water partition coefficient (Wildman–Crippen LogP) is 3.48. The molecule has 6 rings (SSSR count). The van der Waals surface area contributed by atoms with Crippen molar-refractivity contribution in [2.75, 3.05) is 18.0 Å². The third-order valence-corrected chi connectivity index (χ3v) is 5.66. The molecule has 1 fully saturated rings. The van der Waals surface area contributed by atoms with E-state index < -0.39 is 5.82 Å². The lowest BCUT2D eigenvalue weighted by Crippen LogP contribution is -2.30. The summed E-state index contributed by atoms with van der Waals surface area (Å²) in [5.41, 5.74) is 3.19. The Balaban J connectivity index is 1.51. The number of aromatic amines is 2. The highest BCUT2D eigenvalue weighted by Crippen LogP contribution is 2.33. The van der Waals surface area contributed by atoms with E-state index in [1.165, 1.54) is 18.9 Å². The van der Waals surface area contributed by atoms with Gasteiger partial charge in [0.2, 0.25) is 0 Å². The first-order valence-corrected chi connectivity index (χ1v) is 10.2. The number of rotatable bonds is 3. The van der Waals surface area contributed by atoms with Gasteiger partial charge in [-0.2, -0.15) is 5.10 Å². The molecule has 0 atom stereocenters. The van der Waals surface area contributed by atoms with Crippen molar-refractivity contribution in [3.8, 4) is 22.6 Å². The van der Waals surface area contributed by atoms with Crippen LogP contribution in [0.4, 0.5) is 10.2 Å². The van der Waals surface area contributed by atoms with Gasteiger partial charge in [-0.3, -0.25) is 5.10 Å². The summed E-state index contributed by atoms with van der Waals surface area (Å²) in [6, 6.07) is 1.87. The number of nitrogens with zero attached hydrogens (tertiary/aromatic N) is 7. The van der Waals surface area contributed by atoms with Crippen molar-refractivity contribution in [2.24, 2.45) is 0 Å². The smallest absolute Gasteiger partial charge is 0.184 e. The summed E-state index contributed by atoms with van der Waals surface area (Å²) in [5, 5.41) is 7.35. The van der Waals surface area contributed by atoms with Gasteiger partial charge in [-0.25, -0.2) is 29.3 Å². The number of H-pyrrole nitrogens is 2. The summed E-state index contributed by atoms with van der Waals surface area (Å²) in [6.45, 7) is 1.92. The minimum atomic E-state index is -0.446. The fourth-order valence-electron chi connectivity index (χ4n) is 4.14. The molecule has 0 aromatic carbocycles. The van der Waals surface area contributed by atoms with E-state index in [1.54, 1.807) is 18.6 Å². The average molecular weight is 415 g/mol. The van der Waals surface area contributed by atoms with Crippen LogP contribution in [0.25, 0.3) is 44.7 Å². The van der Waals surface area contributed by atoms with Crippen LogP contribution in [0.2, 0.25) is 0 Å². The van der Waals surface area contributed by atoms with Gasteiger partial charge in [-0.05, 0) is 25.3 Å². The molecule has 0 radical (unpaired) electrons. The number of fused-ring (bicyclic) bond motifs is 2. The molecule has 5 aromatic heterocycles. The summed E-state index contributed by atoms with van der Waals surface area (Å²) in [4.78, 5) is 27.2. The first-order valence-electron chi connectivity index (χ1n) is 10.2. The lowest BCUT2D eigenvalue weighted by atomic mass is 10.1. The van der Waals surface area contributed by atoms with Crippen LogP contribution >= 0.6 is 0 Å². The highest BCUT2D eigenvalue weighted by molar-refractivity contribution is 5.95. The number of imidazole rings is 1. The Morgan fingerprint density at radius 3 is 2.68 bits per heavy atom. The van der Waals surface area contributed by atoms with Crippen molar-refractivity contribution in [3.05, 3.63) is 43.0 Å². The van der Waals surface area contributed by atoms with Crippen molar-refractivity contribution in [2.45, 2.75) is 19.3 Å². The second-order valence-electron chi connectivity index (χ2n) is 7.57. The zero-order valence-electron chi connectivity index (χ0n) is 16.5. The van der Waals surface area contributed by atoms with Crippen LogP contribution < -0.4 is 4.90 Å². The molecule has 10 heteroatoms. The van der Waals surface area contributed by atoms with Crippen LogP contribution in [0.3, 0.4) is 0 Å². The van der Waals surface area contributed by atoms with Gasteiger partial charge in [0.1, 0.15) is 23.4 Å². The molecule has 0 aliphatic carbocycles. The molecule has 1 aliphatic rings. The summed E-state index contributed by atoms with van der Waals surface area (Å²) in [7, 11) is 0. The molecule has 154 valence electrons. The van der Waals surface area contributed by atoms with E-state index in [9.17, 15) is 0 Å². The number of anilines is 1. The molecular weight excluding hydrogens is 397 g/mol. The number of pyridine rings is 2. The molecule has 0 amide bonds. The van der Waals surface area contributed by atoms with Crippen LogP contribution in [-0.2, 0) is 0 Å². The normalized spacial score (nSPS) is 14.5. The Bertz CT molecular complexity index is 1390. The lowest BCUT2D eigenvalue weighted by Gasteiger charge is -2.27. The van der Waals surface area contributed by atoms with Gasteiger partial charge < -0.3 is 9.88 Å². The number of piperidine rings is 1. The Hall–Kier alpha value is -3.95. The number of aromatic nitrogens is 8. The minimum absolute atomic E-state index is 0.271. The second-order valence-corrected chi connectivity index (χ2v) is 7.57. The molecule has 6 heterocycles. The van der Waals surface area contributed by atoms with Crippen molar-refractivity contribution < 1.29 is 4.39 Å². The van der Waals surface area contributed by atoms with Gasteiger partial charge in [-0.15, -0.1) is 0 Å². The summed E-state index contributed by atoms with van der Waals surface area (Å²) < 4.78 is 15.5. The minimum Gasteiger partial charge on any atom is -0.355 e. The van der Waals surface area contributed by atoms with Crippen molar-refractivity contribution in [3.63, 3.8) is 0 Å². The quantitative estimate of drug-likeness (QED) is 0.464. The van der Waals surface area contributed by atoms with E-state index in [0.29, 0.717) is 22.6 Å². The van der Waals surface area contributed by atoms with Crippen molar-refractivity contribution in [1.29, 1.82) is 0 Å². The molecule has 0 bridgehead atoms. The molecule has 2 N–H and O–H groups in total. The maximum absolute atomic E-state index is 15.5. The second kappa shape index (κ2) is 7.08. The topological polar surface area (TPSA) is 112 Å². The molecule has 5 aromatic rings. The number of halogens is 1. The van der Waals surface area contributed by atoms with Crippen LogP contribution in [0.15, 0.2) is 37.2 Å². The summed E-state index contributed by atoms with van der Waals surface area (Å²) in [5.74, 6) is 0.897. The van der Waals surface area contributed by atoms with E-state index in [1.807, 2.05) is 6.07 Å². The third-order valence-electron chi connectivity index (χ3n) is 5.66. The van der Waals surface area contributed by atoms with Gasteiger partial charge >= 0.3 is 0 Å². The average Bonchev–Trinajstić information content (AvgIpc) is 3.45. The maximum atomic E-state index is 15.5. The highest BCUT2D eigenvalue weighted by Gasteiger charge is 2.22. The number of hydrogen-bond acceptors (Lipinski definition) is 7. The highest BCUT2D eigenvalue weighted by atomic mass is 19.1. The van der Waals surface area contributed by atoms with Gasteiger partial charge in [0, 0.05) is 49.0 Å². The number of nitrogens with one attached hydrogen (secondary N) is 2. The van der Waals surface area contributed by atoms with E-state index in [0.717, 1.165) is 42.8 Å². The van der Waals surface area contributed by atoms with E-state index >= 15 is 4.39 Å². The van der Waals surface area contributed by atoms with Crippen molar-refractivity contribution >= 4 is 27.9 Å². The largest absolute Gasteiger partial charge is 0.355 e. The monoisotopic (exact) mass is 415 g/mol. The standard InChI is InChI=1S/C21H18FN9/c22-16-13(12-8-23-11-24-9-12)10-26-19-15(16)18(29-30-19)20-27-14-4-5-25-21(17(14)28-20)31-6-2-1-3-7-31/h4-5,8-11H,1-3,6-7H2,(H,27,28)(H,26,29,30). The molecule has 0 saturated carbocycles. The zero-order chi connectivity index (χ0) is 20.8. The Kier molecular flexibility index (Phi) is 4.08. The number of hydrogen-bond donors (Lipinski definition) is 2. The van der Waals surface area contributed by atoms with Gasteiger partial charge in [0.05, 0.1) is 10.9 Å². The Morgan fingerprint density at radius 2 is 1.84 bits per heavy atom. The summed E-state index contributed by atoms with van der Waals surface area (Å²) >= 11 is 0. The molecule has 1 aliphatic heterocycles. The van der Waals surface area contributed by atoms with Gasteiger partial charge in [0.25, 0.3) is 0 Å². The molecule has 0 unspecified atom stereocenters. The SMILES string of the molecule is Fc1c(-c2cncnc2)cnc2n[nH]c(-c3nc4c(N5CCCCC5)nccc4[nH]3)c12. The van der Waals surface area contributed by atoms with E-state index in [4.69, 9.17) is 4.98 Å². The molecule has 1 saturated heterocycles. The molecule has 9 nitrogen and oxygen atoms in total. The molecular formula is C21H18FN9. The molecule has 0 spiro atoms.